The molecule has 0 bridgehead atoms. The van der Waals surface area contributed by atoms with Gasteiger partial charge in [0.1, 0.15) is 11.6 Å². The lowest BCUT2D eigenvalue weighted by molar-refractivity contribution is 0.0933. The summed E-state index contributed by atoms with van der Waals surface area (Å²) in [5, 5.41) is 21.0. The number of likely N-dealkylation sites (tertiary alicyclic amines) is 1. The molecular weight excluding hydrogens is 443 g/mol. The van der Waals surface area contributed by atoms with Gasteiger partial charge in [-0.2, -0.15) is 10.5 Å². The summed E-state index contributed by atoms with van der Waals surface area (Å²) in [6.45, 7) is 3.85. The van der Waals surface area contributed by atoms with Gasteiger partial charge in [-0.3, -0.25) is 9.69 Å². The van der Waals surface area contributed by atoms with Crippen LogP contribution in [0.3, 0.4) is 0 Å². The molecule has 1 amide bonds. The van der Waals surface area contributed by atoms with E-state index < -0.39 is 11.7 Å². The molecule has 176 valence electrons. The van der Waals surface area contributed by atoms with Crippen molar-refractivity contribution in [3.8, 4) is 17.9 Å². The van der Waals surface area contributed by atoms with E-state index in [9.17, 15) is 14.4 Å². The Morgan fingerprint density at radius 2 is 1.69 bits per heavy atom. The molecule has 35 heavy (non-hydrogen) atoms. The maximum Gasteiger partial charge on any atom is 0.254 e. The Kier molecular flexibility index (Phi) is 7.40. The van der Waals surface area contributed by atoms with E-state index >= 15 is 0 Å². The van der Waals surface area contributed by atoms with Crippen LogP contribution in [0.25, 0.3) is 0 Å². The topological polar surface area (TPSA) is 89.2 Å². The number of benzene rings is 3. The minimum Gasteiger partial charge on any atom is -0.494 e. The third-order valence-corrected chi connectivity index (χ3v) is 6.13. The number of nitriles is 2. The quantitative estimate of drug-likeness (QED) is 0.549. The first-order chi connectivity index (χ1) is 17.0. The Labute approximate surface area is 204 Å². The zero-order valence-electron chi connectivity index (χ0n) is 19.4. The fourth-order valence-electron chi connectivity index (χ4n) is 4.44. The van der Waals surface area contributed by atoms with Gasteiger partial charge < -0.3 is 10.1 Å². The van der Waals surface area contributed by atoms with Crippen molar-refractivity contribution in [3.63, 3.8) is 0 Å². The van der Waals surface area contributed by atoms with Crippen LogP contribution in [0.2, 0.25) is 0 Å². The summed E-state index contributed by atoms with van der Waals surface area (Å²) in [5.74, 6) is -0.401. The number of nitrogens with zero attached hydrogens (tertiary/aromatic N) is 3. The molecule has 1 unspecified atom stereocenters. The third-order valence-electron chi connectivity index (χ3n) is 6.13. The van der Waals surface area contributed by atoms with Gasteiger partial charge in [-0.05, 0) is 66.9 Å². The lowest BCUT2D eigenvalue weighted by Crippen LogP contribution is -2.38. The van der Waals surface area contributed by atoms with E-state index in [1.165, 1.54) is 12.1 Å². The Morgan fingerprint density at radius 3 is 2.29 bits per heavy atom. The molecule has 1 saturated heterocycles. The van der Waals surface area contributed by atoms with Crippen LogP contribution < -0.4 is 10.1 Å². The normalized spacial score (nSPS) is 16.2. The largest absolute Gasteiger partial charge is 0.494 e. The second kappa shape index (κ2) is 10.8. The predicted octanol–water partition coefficient (Wildman–Crippen LogP) is 4.56. The van der Waals surface area contributed by atoms with Gasteiger partial charge in [0.05, 0.1) is 41.5 Å². The van der Waals surface area contributed by atoms with E-state index in [1.807, 2.05) is 49.4 Å². The molecule has 1 aliphatic heterocycles. The Morgan fingerprint density at radius 1 is 1.06 bits per heavy atom. The monoisotopic (exact) mass is 468 g/mol. The molecule has 0 aromatic heterocycles. The van der Waals surface area contributed by atoms with Crippen LogP contribution in [0.5, 0.6) is 5.75 Å². The molecule has 0 aliphatic carbocycles. The van der Waals surface area contributed by atoms with Gasteiger partial charge in [-0.25, -0.2) is 4.39 Å². The SMILES string of the molecule is CCOc1ccc([C@@H](c2ccc(C#N)cc2)N2CCC(NC(=O)c3ccc(C#N)cc3F)C2)cc1. The summed E-state index contributed by atoms with van der Waals surface area (Å²) >= 11 is 0. The molecule has 7 heteroatoms. The first kappa shape index (κ1) is 23.9. The predicted molar refractivity (Wildman–Crippen MR) is 129 cm³/mol. The first-order valence-corrected chi connectivity index (χ1v) is 11.5. The van der Waals surface area contributed by atoms with Gasteiger partial charge in [0.2, 0.25) is 0 Å². The van der Waals surface area contributed by atoms with Gasteiger partial charge in [-0.1, -0.05) is 24.3 Å². The Bertz CT molecular complexity index is 1280. The molecule has 1 fully saturated rings. The lowest BCUT2D eigenvalue weighted by atomic mass is 9.96. The zero-order valence-corrected chi connectivity index (χ0v) is 19.4. The number of amides is 1. The molecule has 0 spiro atoms. The maximum absolute atomic E-state index is 14.3. The molecule has 0 saturated carbocycles. The van der Waals surface area contributed by atoms with E-state index in [4.69, 9.17) is 10.00 Å². The minimum absolute atomic E-state index is 0.0717. The molecule has 2 atom stereocenters. The average Bonchev–Trinajstić information content (AvgIpc) is 3.33. The van der Waals surface area contributed by atoms with Gasteiger partial charge in [-0.15, -0.1) is 0 Å². The fraction of sp³-hybridized carbons (Fsp3) is 0.250. The summed E-state index contributed by atoms with van der Waals surface area (Å²) in [6.07, 6.45) is 0.716. The Hall–Kier alpha value is -4.20. The number of carbonyl (C=O) groups is 1. The van der Waals surface area contributed by atoms with Crippen LogP contribution in [0.4, 0.5) is 4.39 Å². The van der Waals surface area contributed by atoms with Crippen molar-refractivity contribution in [1.29, 1.82) is 10.5 Å². The summed E-state index contributed by atoms with van der Waals surface area (Å²) in [7, 11) is 0. The highest BCUT2D eigenvalue weighted by atomic mass is 19.1. The number of hydrogen-bond acceptors (Lipinski definition) is 5. The van der Waals surface area contributed by atoms with Crippen molar-refractivity contribution < 1.29 is 13.9 Å². The van der Waals surface area contributed by atoms with Crippen molar-refractivity contribution in [1.82, 2.24) is 10.2 Å². The highest BCUT2D eigenvalue weighted by Gasteiger charge is 2.31. The number of rotatable bonds is 7. The average molecular weight is 469 g/mol. The Balaban J connectivity index is 1.54. The van der Waals surface area contributed by atoms with Crippen LogP contribution in [-0.4, -0.2) is 36.5 Å². The maximum atomic E-state index is 14.3. The zero-order chi connectivity index (χ0) is 24.8. The standard InChI is InChI=1S/C28H25FN4O2/c1-2-35-24-10-8-22(9-11-24)27(21-6-3-19(16-30)4-7-21)33-14-13-23(18-33)32-28(34)25-12-5-20(17-31)15-26(25)29/h3-12,15,23,27H,2,13-14,18H2,1H3,(H,32,34)/t23?,27-/m1/s1. The van der Waals surface area contributed by atoms with Gasteiger partial charge in [0.15, 0.2) is 0 Å². The smallest absolute Gasteiger partial charge is 0.254 e. The fourth-order valence-corrected chi connectivity index (χ4v) is 4.44. The number of carbonyl (C=O) groups excluding carboxylic acids is 1. The highest BCUT2D eigenvalue weighted by Crippen LogP contribution is 2.33. The van der Waals surface area contributed by atoms with E-state index in [0.29, 0.717) is 25.1 Å². The van der Waals surface area contributed by atoms with Crippen LogP contribution in [-0.2, 0) is 0 Å². The van der Waals surface area contributed by atoms with Crippen molar-refractivity contribution >= 4 is 5.91 Å². The molecule has 0 radical (unpaired) electrons. The first-order valence-electron chi connectivity index (χ1n) is 11.5. The van der Waals surface area contributed by atoms with Crippen LogP contribution in [0.15, 0.2) is 66.7 Å². The van der Waals surface area contributed by atoms with Gasteiger partial charge in [0, 0.05) is 19.1 Å². The second-order valence-corrected chi connectivity index (χ2v) is 8.40. The lowest BCUT2D eigenvalue weighted by Gasteiger charge is -2.29. The molecule has 1 heterocycles. The molecule has 3 aromatic carbocycles. The van der Waals surface area contributed by atoms with Crippen LogP contribution >= 0.6 is 0 Å². The van der Waals surface area contributed by atoms with E-state index in [-0.39, 0.29) is 23.2 Å². The molecule has 6 nitrogen and oxygen atoms in total. The number of hydrogen-bond donors (Lipinski definition) is 1. The van der Waals surface area contributed by atoms with Crippen molar-refractivity contribution in [2.45, 2.75) is 25.4 Å². The van der Waals surface area contributed by atoms with Crippen molar-refractivity contribution in [3.05, 3.63) is 100 Å². The van der Waals surface area contributed by atoms with E-state index in [1.54, 1.807) is 12.1 Å². The molecule has 1 N–H and O–H groups in total. The minimum atomic E-state index is -0.707. The number of ether oxygens (including phenoxy) is 1. The number of halogens is 1. The summed E-state index contributed by atoms with van der Waals surface area (Å²) in [4.78, 5) is 15.0. The van der Waals surface area contributed by atoms with Gasteiger partial charge in [0.25, 0.3) is 5.91 Å². The van der Waals surface area contributed by atoms with Gasteiger partial charge >= 0.3 is 0 Å². The summed E-state index contributed by atoms with van der Waals surface area (Å²) < 4.78 is 19.9. The molecule has 3 aromatic rings. The van der Waals surface area contributed by atoms with E-state index in [0.717, 1.165) is 29.5 Å². The van der Waals surface area contributed by atoms with Crippen molar-refractivity contribution in [2.24, 2.45) is 0 Å². The van der Waals surface area contributed by atoms with E-state index in [2.05, 4.69) is 16.3 Å². The second-order valence-electron chi connectivity index (χ2n) is 8.40. The third kappa shape index (κ3) is 5.48. The summed E-state index contributed by atoms with van der Waals surface area (Å²) in [5.41, 5.74) is 2.81. The highest BCUT2D eigenvalue weighted by molar-refractivity contribution is 5.94. The van der Waals surface area contributed by atoms with Crippen LogP contribution in [0, 0.1) is 28.5 Å². The molecule has 4 rings (SSSR count). The van der Waals surface area contributed by atoms with Crippen LogP contribution in [0.1, 0.15) is 52.0 Å². The molecule has 1 aliphatic rings. The van der Waals surface area contributed by atoms with Crippen molar-refractivity contribution in [2.75, 3.05) is 19.7 Å². The molecular formula is C28H25FN4O2. The summed E-state index contributed by atoms with van der Waals surface area (Å²) in [6, 6.07) is 23.1. The number of nitrogens with one attached hydrogen (secondary N) is 1.